The van der Waals surface area contributed by atoms with Crippen LogP contribution >= 0.6 is 11.3 Å². The molecule has 27 heavy (non-hydrogen) atoms. The van der Waals surface area contributed by atoms with Gasteiger partial charge in [0.2, 0.25) is 11.8 Å². The SMILES string of the molecule is CCCCN(CC(=O)N1CCc2sccc2C1c1ccc(C)cc1)C(C)=O. The summed E-state index contributed by atoms with van der Waals surface area (Å²) >= 11 is 1.77. The van der Waals surface area contributed by atoms with Crippen molar-refractivity contribution in [3.05, 3.63) is 57.3 Å². The summed E-state index contributed by atoms with van der Waals surface area (Å²) in [4.78, 5) is 30.2. The van der Waals surface area contributed by atoms with E-state index in [1.165, 1.54) is 16.0 Å². The van der Waals surface area contributed by atoms with E-state index in [9.17, 15) is 9.59 Å². The Hall–Kier alpha value is -2.14. The monoisotopic (exact) mass is 384 g/mol. The minimum atomic E-state index is -0.0620. The van der Waals surface area contributed by atoms with Gasteiger partial charge < -0.3 is 9.80 Å². The summed E-state index contributed by atoms with van der Waals surface area (Å²) in [7, 11) is 0. The molecule has 3 rings (SSSR count). The highest BCUT2D eigenvalue weighted by Crippen LogP contribution is 2.37. The molecule has 2 aromatic rings. The van der Waals surface area contributed by atoms with E-state index in [2.05, 4.69) is 49.6 Å². The molecular formula is C22H28N2O2S. The number of amides is 2. The van der Waals surface area contributed by atoms with Crippen molar-refractivity contribution in [3.8, 4) is 0 Å². The normalized spacial score (nSPS) is 16.1. The number of benzene rings is 1. The van der Waals surface area contributed by atoms with Crippen molar-refractivity contribution in [2.24, 2.45) is 0 Å². The first-order chi connectivity index (χ1) is 13.0. The van der Waals surface area contributed by atoms with Crippen LogP contribution in [0.4, 0.5) is 0 Å². The fraction of sp³-hybridized carbons (Fsp3) is 0.455. The molecule has 1 atom stereocenters. The highest BCUT2D eigenvalue weighted by atomic mass is 32.1. The molecule has 4 nitrogen and oxygen atoms in total. The number of fused-ring (bicyclic) bond motifs is 1. The number of thiophene rings is 1. The largest absolute Gasteiger partial charge is 0.334 e. The van der Waals surface area contributed by atoms with Crippen molar-refractivity contribution < 1.29 is 9.59 Å². The van der Waals surface area contributed by atoms with Crippen LogP contribution in [0.15, 0.2) is 35.7 Å². The molecule has 1 aromatic carbocycles. The molecular weight excluding hydrogens is 356 g/mol. The molecule has 144 valence electrons. The lowest BCUT2D eigenvalue weighted by Crippen LogP contribution is -2.46. The number of carbonyl (C=O) groups excluding carboxylic acids is 2. The van der Waals surface area contributed by atoms with Crippen LogP contribution in [0.5, 0.6) is 0 Å². The van der Waals surface area contributed by atoms with Crippen LogP contribution in [0.3, 0.4) is 0 Å². The molecule has 0 bridgehead atoms. The van der Waals surface area contributed by atoms with E-state index >= 15 is 0 Å². The van der Waals surface area contributed by atoms with E-state index in [1.807, 2.05) is 4.90 Å². The highest BCUT2D eigenvalue weighted by Gasteiger charge is 2.33. The van der Waals surface area contributed by atoms with Gasteiger partial charge in [0.1, 0.15) is 0 Å². The van der Waals surface area contributed by atoms with E-state index in [0.717, 1.165) is 24.8 Å². The second-order valence-electron chi connectivity index (χ2n) is 7.24. The lowest BCUT2D eigenvalue weighted by molar-refractivity contribution is -0.140. The van der Waals surface area contributed by atoms with E-state index in [0.29, 0.717) is 13.1 Å². The minimum absolute atomic E-state index is 0.0306. The van der Waals surface area contributed by atoms with Crippen LogP contribution in [0.25, 0.3) is 0 Å². The second kappa shape index (κ2) is 8.70. The number of hydrogen-bond acceptors (Lipinski definition) is 3. The van der Waals surface area contributed by atoms with Gasteiger partial charge in [0, 0.05) is 24.9 Å². The predicted octanol–water partition coefficient (Wildman–Crippen LogP) is 4.18. The van der Waals surface area contributed by atoms with Gasteiger partial charge in [-0.15, -0.1) is 11.3 Å². The van der Waals surface area contributed by atoms with Crippen molar-refractivity contribution in [1.29, 1.82) is 0 Å². The maximum atomic E-state index is 13.2. The molecule has 0 fully saturated rings. The van der Waals surface area contributed by atoms with Crippen molar-refractivity contribution in [2.75, 3.05) is 19.6 Å². The van der Waals surface area contributed by atoms with Gasteiger partial charge in [0.25, 0.3) is 0 Å². The maximum Gasteiger partial charge on any atom is 0.242 e. The molecule has 1 aliphatic heterocycles. The van der Waals surface area contributed by atoms with Gasteiger partial charge in [0.05, 0.1) is 12.6 Å². The Morgan fingerprint density at radius 3 is 2.63 bits per heavy atom. The third-order valence-electron chi connectivity index (χ3n) is 5.23. The third kappa shape index (κ3) is 4.41. The molecule has 1 aromatic heterocycles. The minimum Gasteiger partial charge on any atom is -0.334 e. The molecule has 0 saturated carbocycles. The van der Waals surface area contributed by atoms with Gasteiger partial charge in [-0.3, -0.25) is 9.59 Å². The van der Waals surface area contributed by atoms with Crippen LogP contribution in [0, 0.1) is 6.92 Å². The summed E-state index contributed by atoms with van der Waals surface area (Å²) in [5.74, 6) is 0.000598. The molecule has 2 amide bonds. The standard InChI is InChI=1S/C22H28N2O2S/c1-4-5-12-23(17(3)25)15-21(26)24-13-10-20-19(11-14-27-20)22(24)18-8-6-16(2)7-9-18/h6-9,11,14,22H,4-5,10,12-13,15H2,1-3H3. The van der Waals surface area contributed by atoms with Gasteiger partial charge in [-0.05, 0) is 42.3 Å². The first-order valence-electron chi connectivity index (χ1n) is 9.69. The van der Waals surface area contributed by atoms with Crippen molar-refractivity contribution in [1.82, 2.24) is 9.80 Å². The zero-order chi connectivity index (χ0) is 19.4. The smallest absolute Gasteiger partial charge is 0.242 e. The summed E-state index contributed by atoms with van der Waals surface area (Å²) in [5.41, 5.74) is 3.57. The van der Waals surface area contributed by atoms with Crippen LogP contribution in [0.2, 0.25) is 0 Å². The molecule has 2 heterocycles. The zero-order valence-electron chi connectivity index (χ0n) is 16.4. The second-order valence-corrected chi connectivity index (χ2v) is 8.24. The number of unbranched alkanes of at least 4 members (excludes halogenated alkanes) is 1. The summed E-state index contributed by atoms with van der Waals surface area (Å²) in [6.45, 7) is 7.22. The lowest BCUT2D eigenvalue weighted by Gasteiger charge is -2.37. The number of aryl methyl sites for hydroxylation is 1. The van der Waals surface area contributed by atoms with Gasteiger partial charge in [0.15, 0.2) is 0 Å². The maximum absolute atomic E-state index is 13.2. The summed E-state index contributed by atoms with van der Waals surface area (Å²) in [5, 5.41) is 2.11. The fourth-order valence-electron chi connectivity index (χ4n) is 3.64. The predicted molar refractivity (Wildman–Crippen MR) is 110 cm³/mol. The Morgan fingerprint density at radius 2 is 1.96 bits per heavy atom. The Balaban J connectivity index is 1.87. The zero-order valence-corrected chi connectivity index (χ0v) is 17.2. The molecule has 1 aliphatic rings. The molecule has 0 N–H and O–H groups in total. The van der Waals surface area contributed by atoms with Crippen LogP contribution in [-0.4, -0.2) is 41.2 Å². The van der Waals surface area contributed by atoms with E-state index in [4.69, 9.17) is 0 Å². The lowest BCUT2D eigenvalue weighted by atomic mass is 9.92. The first kappa shape index (κ1) is 19.6. The van der Waals surface area contributed by atoms with Gasteiger partial charge in [-0.2, -0.15) is 0 Å². The van der Waals surface area contributed by atoms with Crippen LogP contribution in [-0.2, 0) is 16.0 Å². The third-order valence-corrected chi connectivity index (χ3v) is 6.23. The van der Waals surface area contributed by atoms with E-state index in [-0.39, 0.29) is 24.4 Å². The number of carbonyl (C=O) groups is 2. The Labute approximate surface area is 165 Å². The number of rotatable bonds is 6. The van der Waals surface area contributed by atoms with E-state index in [1.54, 1.807) is 23.2 Å². The summed E-state index contributed by atoms with van der Waals surface area (Å²) in [6.07, 6.45) is 2.81. The Morgan fingerprint density at radius 1 is 1.22 bits per heavy atom. The fourth-order valence-corrected chi connectivity index (χ4v) is 4.55. The first-order valence-corrected chi connectivity index (χ1v) is 10.6. The number of hydrogen-bond donors (Lipinski definition) is 0. The molecule has 0 spiro atoms. The Bertz CT molecular complexity index is 797. The average Bonchev–Trinajstić information content (AvgIpc) is 3.13. The van der Waals surface area contributed by atoms with Crippen LogP contribution < -0.4 is 0 Å². The number of nitrogens with zero attached hydrogens (tertiary/aromatic N) is 2. The van der Waals surface area contributed by atoms with Gasteiger partial charge >= 0.3 is 0 Å². The van der Waals surface area contributed by atoms with Crippen molar-refractivity contribution >= 4 is 23.2 Å². The van der Waals surface area contributed by atoms with Gasteiger partial charge in [-0.1, -0.05) is 43.2 Å². The molecule has 0 radical (unpaired) electrons. The summed E-state index contributed by atoms with van der Waals surface area (Å²) < 4.78 is 0. The quantitative estimate of drug-likeness (QED) is 0.750. The topological polar surface area (TPSA) is 40.6 Å². The summed E-state index contributed by atoms with van der Waals surface area (Å²) in [6, 6.07) is 10.5. The average molecular weight is 385 g/mol. The highest BCUT2D eigenvalue weighted by molar-refractivity contribution is 7.10. The molecule has 5 heteroatoms. The molecule has 1 unspecified atom stereocenters. The van der Waals surface area contributed by atoms with Crippen molar-refractivity contribution in [2.45, 2.75) is 46.1 Å². The Kier molecular flexibility index (Phi) is 6.32. The van der Waals surface area contributed by atoms with Crippen molar-refractivity contribution in [3.63, 3.8) is 0 Å². The van der Waals surface area contributed by atoms with Crippen LogP contribution in [0.1, 0.15) is 54.3 Å². The molecule has 0 saturated heterocycles. The molecule has 0 aliphatic carbocycles. The van der Waals surface area contributed by atoms with Gasteiger partial charge in [-0.25, -0.2) is 0 Å². The van der Waals surface area contributed by atoms with E-state index < -0.39 is 0 Å².